The van der Waals surface area contributed by atoms with Gasteiger partial charge in [0.05, 0.1) is 33.5 Å². The van der Waals surface area contributed by atoms with Crippen molar-refractivity contribution in [2.75, 3.05) is 0 Å². The second-order valence-electron chi connectivity index (χ2n) is 13.9. The standard InChI is InChI=1S/C50H32N4/c1-4-15-34(16-5-1)50-51-44(36-25-24-33-14-10-11-17-35(33)28-36)32-45(52-50)37-26-27-47-41(29-37)43-31-48-42(30-49(43)54(47)39-20-8-3-9-21-39)40-22-12-13-23-46(40)53(48)38-18-6-2-7-19-38/h1-32H. The van der Waals surface area contributed by atoms with Crippen molar-refractivity contribution in [3.05, 3.63) is 194 Å². The molecule has 3 heterocycles. The lowest BCUT2D eigenvalue weighted by Gasteiger charge is -2.11. The van der Waals surface area contributed by atoms with E-state index in [4.69, 9.17) is 9.97 Å². The molecule has 54 heavy (non-hydrogen) atoms. The van der Waals surface area contributed by atoms with Gasteiger partial charge in [-0.25, -0.2) is 9.97 Å². The molecular formula is C50H32N4. The Morgan fingerprint density at radius 2 is 0.796 bits per heavy atom. The summed E-state index contributed by atoms with van der Waals surface area (Å²) in [5.41, 5.74) is 11.8. The lowest BCUT2D eigenvalue weighted by atomic mass is 10.0. The van der Waals surface area contributed by atoms with Gasteiger partial charge in [-0.1, -0.05) is 127 Å². The Morgan fingerprint density at radius 1 is 0.296 bits per heavy atom. The van der Waals surface area contributed by atoms with Gasteiger partial charge in [-0.15, -0.1) is 0 Å². The third-order valence-corrected chi connectivity index (χ3v) is 10.7. The van der Waals surface area contributed by atoms with Gasteiger partial charge >= 0.3 is 0 Å². The van der Waals surface area contributed by atoms with E-state index in [0.29, 0.717) is 5.82 Å². The summed E-state index contributed by atoms with van der Waals surface area (Å²) in [6, 6.07) is 69.1. The maximum absolute atomic E-state index is 5.22. The molecule has 0 bridgehead atoms. The number of nitrogens with zero attached hydrogens (tertiary/aromatic N) is 4. The van der Waals surface area contributed by atoms with Crippen LogP contribution in [0.1, 0.15) is 0 Å². The Hall–Kier alpha value is -7.30. The first-order valence-corrected chi connectivity index (χ1v) is 18.3. The summed E-state index contributed by atoms with van der Waals surface area (Å²) in [6.45, 7) is 0. The van der Waals surface area contributed by atoms with Crippen LogP contribution in [0, 0.1) is 0 Å². The van der Waals surface area contributed by atoms with E-state index in [2.05, 4.69) is 185 Å². The van der Waals surface area contributed by atoms with E-state index in [1.54, 1.807) is 0 Å². The Balaban J connectivity index is 1.19. The van der Waals surface area contributed by atoms with Crippen LogP contribution in [0.3, 0.4) is 0 Å². The number of fused-ring (bicyclic) bond motifs is 7. The van der Waals surface area contributed by atoms with Crippen molar-refractivity contribution < 1.29 is 0 Å². The number of aromatic nitrogens is 4. The molecule has 0 fully saturated rings. The molecule has 4 nitrogen and oxygen atoms in total. The van der Waals surface area contributed by atoms with E-state index in [1.165, 1.54) is 48.9 Å². The van der Waals surface area contributed by atoms with Crippen LogP contribution in [0.5, 0.6) is 0 Å². The smallest absolute Gasteiger partial charge is 0.160 e. The first-order valence-electron chi connectivity index (χ1n) is 18.3. The van der Waals surface area contributed by atoms with E-state index in [0.717, 1.165) is 45.0 Å². The Bertz CT molecular complexity index is 3200. The van der Waals surface area contributed by atoms with E-state index < -0.39 is 0 Å². The molecule has 0 spiro atoms. The lowest BCUT2D eigenvalue weighted by molar-refractivity contribution is 1.17. The number of hydrogen-bond donors (Lipinski definition) is 0. The van der Waals surface area contributed by atoms with Crippen LogP contribution in [-0.4, -0.2) is 19.1 Å². The van der Waals surface area contributed by atoms with E-state index >= 15 is 0 Å². The largest absolute Gasteiger partial charge is 0.309 e. The summed E-state index contributed by atoms with van der Waals surface area (Å²) in [5, 5.41) is 7.22. The summed E-state index contributed by atoms with van der Waals surface area (Å²) in [4.78, 5) is 10.4. The number of hydrogen-bond acceptors (Lipinski definition) is 2. The predicted molar refractivity (Wildman–Crippen MR) is 225 cm³/mol. The molecule has 0 aliphatic rings. The van der Waals surface area contributed by atoms with Gasteiger partial charge in [-0.3, -0.25) is 0 Å². The maximum atomic E-state index is 5.22. The van der Waals surface area contributed by atoms with Gasteiger partial charge in [0.2, 0.25) is 0 Å². The normalized spacial score (nSPS) is 11.7. The van der Waals surface area contributed by atoms with Crippen LogP contribution in [0.25, 0.3) is 99.7 Å². The first-order chi connectivity index (χ1) is 26.8. The van der Waals surface area contributed by atoms with Gasteiger partial charge in [0.25, 0.3) is 0 Å². The molecule has 0 aliphatic carbocycles. The minimum atomic E-state index is 0.706. The highest BCUT2D eigenvalue weighted by molar-refractivity contribution is 6.19. The zero-order valence-electron chi connectivity index (χ0n) is 29.3. The summed E-state index contributed by atoms with van der Waals surface area (Å²) >= 11 is 0. The highest BCUT2D eigenvalue weighted by Gasteiger charge is 2.20. The molecule has 11 rings (SSSR count). The fourth-order valence-corrected chi connectivity index (χ4v) is 8.16. The average Bonchev–Trinajstić information content (AvgIpc) is 3.75. The van der Waals surface area contributed by atoms with Gasteiger partial charge in [-0.2, -0.15) is 0 Å². The number of benzene rings is 8. The first kappa shape index (κ1) is 30.3. The minimum absolute atomic E-state index is 0.706. The average molecular weight is 689 g/mol. The van der Waals surface area contributed by atoms with Gasteiger partial charge in [-0.05, 0) is 77.5 Å². The molecule has 0 aliphatic heterocycles. The molecule has 0 saturated heterocycles. The monoisotopic (exact) mass is 688 g/mol. The SMILES string of the molecule is c1ccc(-c2nc(-c3ccc4ccccc4c3)cc(-c3ccc4c(c3)c3cc5c(cc3n4-c3ccccc3)c3ccccc3n5-c3ccccc3)n2)cc1. The quantitative estimate of drug-likeness (QED) is 0.180. The minimum Gasteiger partial charge on any atom is -0.309 e. The third kappa shape index (κ3) is 4.85. The molecule has 8 aromatic carbocycles. The molecule has 3 aromatic heterocycles. The molecule has 0 radical (unpaired) electrons. The van der Waals surface area contributed by atoms with Crippen molar-refractivity contribution in [1.82, 2.24) is 19.1 Å². The van der Waals surface area contributed by atoms with Crippen molar-refractivity contribution in [3.8, 4) is 45.3 Å². The van der Waals surface area contributed by atoms with Gasteiger partial charge in [0.1, 0.15) is 0 Å². The molecule has 0 N–H and O–H groups in total. The van der Waals surface area contributed by atoms with Gasteiger partial charge in [0.15, 0.2) is 5.82 Å². The molecule has 0 unspecified atom stereocenters. The van der Waals surface area contributed by atoms with E-state index in [1.807, 2.05) is 18.2 Å². The zero-order chi connectivity index (χ0) is 35.6. The zero-order valence-corrected chi connectivity index (χ0v) is 29.3. The van der Waals surface area contributed by atoms with Crippen LogP contribution in [0.15, 0.2) is 194 Å². The molecule has 0 amide bonds. The second-order valence-corrected chi connectivity index (χ2v) is 13.9. The molecule has 4 heteroatoms. The van der Waals surface area contributed by atoms with Gasteiger partial charge < -0.3 is 9.13 Å². The molecule has 0 saturated carbocycles. The van der Waals surface area contributed by atoms with Crippen LogP contribution in [0.4, 0.5) is 0 Å². The highest BCUT2D eigenvalue weighted by Crippen LogP contribution is 2.41. The molecule has 0 atom stereocenters. The van der Waals surface area contributed by atoms with Crippen LogP contribution in [0.2, 0.25) is 0 Å². The van der Waals surface area contributed by atoms with Crippen molar-refractivity contribution >= 4 is 54.4 Å². The van der Waals surface area contributed by atoms with E-state index in [9.17, 15) is 0 Å². The molecular weight excluding hydrogens is 657 g/mol. The molecule has 252 valence electrons. The molecule has 11 aromatic rings. The lowest BCUT2D eigenvalue weighted by Crippen LogP contribution is -1.96. The third-order valence-electron chi connectivity index (χ3n) is 10.7. The summed E-state index contributed by atoms with van der Waals surface area (Å²) in [6.07, 6.45) is 0. The van der Waals surface area contributed by atoms with Crippen molar-refractivity contribution in [1.29, 1.82) is 0 Å². The maximum Gasteiger partial charge on any atom is 0.160 e. The Morgan fingerprint density at radius 3 is 1.48 bits per heavy atom. The van der Waals surface area contributed by atoms with Crippen LogP contribution >= 0.6 is 0 Å². The predicted octanol–water partition coefficient (Wildman–Crippen LogP) is 12.8. The van der Waals surface area contributed by atoms with Crippen molar-refractivity contribution in [3.63, 3.8) is 0 Å². The van der Waals surface area contributed by atoms with Crippen molar-refractivity contribution in [2.24, 2.45) is 0 Å². The summed E-state index contributed by atoms with van der Waals surface area (Å²) in [5.74, 6) is 0.706. The topological polar surface area (TPSA) is 35.6 Å². The summed E-state index contributed by atoms with van der Waals surface area (Å²) < 4.78 is 4.80. The van der Waals surface area contributed by atoms with Crippen molar-refractivity contribution in [2.45, 2.75) is 0 Å². The van der Waals surface area contributed by atoms with Crippen LogP contribution < -0.4 is 0 Å². The Labute approximate surface area is 311 Å². The Kier molecular flexibility index (Phi) is 6.82. The fourth-order valence-electron chi connectivity index (χ4n) is 8.16. The highest BCUT2D eigenvalue weighted by atomic mass is 15.0. The fraction of sp³-hybridized carbons (Fsp3) is 0. The van der Waals surface area contributed by atoms with Gasteiger partial charge in [0, 0.05) is 49.6 Å². The number of para-hydroxylation sites is 3. The van der Waals surface area contributed by atoms with Crippen LogP contribution in [-0.2, 0) is 0 Å². The number of rotatable bonds is 5. The second kappa shape index (κ2) is 12.1. The summed E-state index contributed by atoms with van der Waals surface area (Å²) in [7, 11) is 0. The van der Waals surface area contributed by atoms with E-state index in [-0.39, 0.29) is 0 Å².